The molecule has 2 aromatic heterocycles. The summed E-state index contributed by atoms with van der Waals surface area (Å²) in [4.78, 5) is 53.1. The minimum atomic E-state index is -3.83. The molecular formula is C59H74N6O10S2. The molecule has 0 saturated heterocycles. The second-order valence-corrected chi connectivity index (χ2v) is 25.4. The standard InChI is InChI=1S/C59H74N6O10S2/c1-9-38(2)55(66)64-54(58(3,4)5)57(68)65-36-41-31-43(19-17-40(41)32-50(65)56(67)63-46-16-12-14-39-13-10-11-15-44(39)46)74-29-27-72-25-23-71-24-26-73-28-30-75-51-35-48-45(34-53(51)77(69,70)59(6,7)8)47(21-22-60-48)62-42-18-20-52-49(33-42)61-37-76-52/h10-11,13,15,17-22,31,33-35,37-38,46,50,54H,9,12,14,16,23-30,32,36H2,1-8H3,(H,60,62)(H,63,67)(H,64,66)/t38-,46-,50+,54-/m1/s1. The Morgan fingerprint density at radius 1 is 0.792 bits per heavy atom. The molecule has 412 valence electrons. The van der Waals surface area contributed by atoms with E-state index in [2.05, 4.69) is 38.1 Å². The number of anilines is 2. The van der Waals surface area contributed by atoms with Crippen LogP contribution >= 0.6 is 11.3 Å². The van der Waals surface area contributed by atoms with Crippen molar-refractivity contribution in [2.24, 2.45) is 11.3 Å². The third-order valence-corrected chi connectivity index (χ3v) is 17.6. The molecule has 18 heteroatoms. The summed E-state index contributed by atoms with van der Waals surface area (Å²) >= 11 is 1.56. The van der Waals surface area contributed by atoms with Crippen molar-refractivity contribution in [3.8, 4) is 11.5 Å². The number of ether oxygens (including phenoxy) is 5. The molecule has 16 nitrogen and oxygen atoms in total. The van der Waals surface area contributed by atoms with Gasteiger partial charge in [-0.05, 0) is 117 Å². The van der Waals surface area contributed by atoms with Gasteiger partial charge in [-0.2, -0.15) is 0 Å². The zero-order valence-electron chi connectivity index (χ0n) is 45.6. The van der Waals surface area contributed by atoms with E-state index >= 15 is 0 Å². The Balaban J connectivity index is 0.795. The molecule has 0 unspecified atom stereocenters. The molecule has 0 radical (unpaired) electrons. The van der Waals surface area contributed by atoms with Gasteiger partial charge in [0.25, 0.3) is 0 Å². The minimum absolute atomic E-state index is 0.0764. The van der Waals surface area contributed by atoms with Crippen molar-refractivity contribution >= 4 is 71.4 Å². The van der Waals surface area contributed by atoms with Crippen molar-refractivity contribution in [2.75, 3.05) is 58.2 Å². The molecule has 4 aromatic carbocycles. The molecular weight excluding hydrogens is 1020 g/mol. The van der Waals surface area contributed by atoms with Crippen LogP contribution in [0.4, 0.5) is 11.4 Å². The first kappa shape index (κ1) is 57.0. The lowest BCUT2D eigenvalue weighted by atomic mass is 9.83. The number of thiazole rings is 1. The van der Waals surface area contributed by atoms with Gasteiger partial charge in [0.15, 0.2) is 9.84 Å². The molecule has 0 fully saturated rings. The molecule has 3 N–H and O–H groups in total. The number of rotatable bonds is 23. The number of carbonyl (C=O) groups excluding carboxylic acids is 3. The summed E-state index contributed by atoms with van der Waals surface area (Å²) in [6.07, 6.45) is 5.37. The van der Waals surface area contributed by atoms with Gasteiger partial charge in [0.05, 0.1) is 71.7 Å². The molecule has 0 spiro atoms. The van der Waals surface area contributed by atoms with Crippen molar-refractivity contribution < 1.29 is 46.5 Å². The molecule has 0 saturated carbocycles. The number of carbonyl (C=O) groups is 3. The van der Waals surface area contributed by atoms with Crippen molar-refractivity contribution in [1.82, 2.24) is 25.5 Å². The van der Waals surface area contributed by atoms with Crippen LogP contribution < -0.4 is 25.4 Å². The predicted octanol–water partition coefficient (Wildman–Crippen LogP) is 9.69. The number of hydrogen-bond acceptors (Lipinski definition) is 14. The average molecular weight is 1090 g/mol. The highest BCUT2D eigenvalue weighted by Gasteiger charge is 2.43. The number of nitrogens with one attached hydrogen (secondary N) is 3. The zero-order chi connectivity index (χ0) is 54.9. The van der Waals surface area contributed by atoms with Gasteiger partial charge in [-0.3, -0.25) is 19.4 Å². The number of aromatic nitrogens is 2. The van der Waals surface area contributed by atoms with E-state index in [0.29, 0.717) is 68.2 Å². The van der Waals surface area contributed by atoms with Gasteiger partial charge in [0.1, 0.15) is 41.7 Å². The number of aryl methyl sites for hydroxylation is 1. The van der Waals surface area contributed by atoms with E-state index in [1.807, 2.05) is 89.2 Å². The first-order valence-electron chi connectivity index (χ1n) is 26.7. The lowest BCUT2D eigenvalue weighted by molar-refractivity contribution is -0.147. The van der Waals surface area contributed by atoms with Gasteiger partial charge in [-0.15, -0.1) is 11.3 Å². The Hall–Kier alpha value is -6.18. The number of nitrogens with zero attached hydrogens (tertiary/aromatic N) is 3. The van der Waals surface area contributed by atoms with Crippen LogP contribution in [-0.2, 0) is 57.8 Å². The molecule has 77 heavy (non-hydrogen) atoms. The van der Waals surface area contributed by atoms with Gasteiger partial charge in [0.2, 0.25) is 17.7 Å². The third kappa shape index (κ3) is 13.9. The smallest absolute Gasteiger partial charge is 0.246 e. The van der Waals surface area contributed by atoms with E-state index in [0.717, 1.165) is 51.9 Å². The Bertz CT molecular complexity index is 3150. The maximum Gasteiger partial charge on any atom is 0.246 e. The molecule has 3 amide bonds. The van der Waals surface area contributed by atoms with Crippen LogP contribution in [0.3, 0.4) is 0 Å². The molecule has 3 heterocycles. The number of benzene rings is 4. The number of pyridine rings is 1. The van der Waals surface area contributed by atoms with Crippen LogP contribution in [-0.4, -0.2) is 111 Å². The summed E-state index contributed by atoms with van der Waals surface area (Å²) in [5, 5.41) is 10.4. The fourth-order valence-electron chi connectivity index (χ4n) is 9.55. The fourth-order valence-corrected chi connectivity index (χ4v) is 11.5. The van der Waals surface area contributed by atoms with E-state index < -0.39 is 32.1 Å². The average Bonchev–Trinajstić information content (AvgIpc) is 3.90. The quantitative estimate of drug-likeness (QED) is 0.0514. The largest absolute Gasteiger partial charge is 0.491 e. The Morgan fingerprint density at radius 3 is 2.22 bits per heavy atom. The maximum absolute atomic E-state index is 14.7. The number of sulfone groups is 1. The Labute approximate surface area is 456 Å². The van der Waals surface area contributed by atoms with Crippen LogP contribution in [0, 0.1) is 11.3 Å². The van der Waals surface area contributed by atoms with Crippen LogP contribution in [0.1, 0.15) is 103 Å². The highest BCUT2D eigenvalue weighted by Crippen LogP contribution is 2.39. The molecule has 0 bridgehead atoms. The SMILES string of the molecule is CC[C@@H](C)C(=O)N[C@H](C(=O)N1Cc2cc(OCCOCCOCCOCCOc3cc4nccc(Nc5ccc6scnc6c5)c4cc3S(=O)(=O)C(C)(C)C)ccc2C[C@H]1C(=O)N[C@@H]1CCCc2ccccc21)C(C)(C)C. The molecule has 1 aliphatic carbocycles. The summed E-state index contributed by atoms with van der Waals surface area (Å²) in [7, 11) is -3.83. The summed E-state index contributed by atoms with van der Waals surface area (Å²) < 4.78 is 57.3. The summed E-state index contributed by atoms with van der Waals surface area (Å²) in [5.41, 5.74) is 8.33. The third-order valence-electron chi connectivity index (χ3n) is 14.3. The van der Waals surface area contributed by atoms with Gasteiger partial charge >= 0.3 is 0 Å². The molecule has 2 aliphatic rings. The molecule has 4 atom stereocenters. The van der Waals surface area contributed by atoms with Crippen molar-refractivity contribution in [2.45, 2.75) is 122 Å². The van der Waals surface area contributed by atoms with Crippen LogP contribution in [0.25, 0.3) is 21.1 Å². The fraction of sp³-hybridized carbons (Fsp3) is 0.475. The van der Waals surface area contributed by atoms with Crippen LogP contribution in [0.2, 0.25) is 0 Å². The zero-order valence-corrected chi connectivity index (χ0v) is 47.2. The predicted molar refractivity (Wildman–Crippen MR) is 301 cm³/mol. The van der Waals surface area contributed by atoms with Crippen molar-refractivity contribution in [3.63, 3.8) is 0 Å². The van der Waals surface area contributed by atoms with Crippen LogP contribution in [0.15, 0.2) is 95.5 Å². The number of amides is 3. The van der Waals surface area contributed by atoms with Gasteiger partial charge in [-0.25, -0.2) is 13.4 Å². The summed E-state index contributed by atoms with van der Waals surface area (Å²) in [6.45, 7) is 17.0. The number of hydrogen-bond donors (Lipinski definition) is 3. The van der Waals surface area contributed by atoms with E-state index in [1.54, 1.807) is 60.8 Å². The molecule has 1 aliphatic heterocycles. The minimum Gasteiger partial charge on any atom is -0.491 e. The molecule has 8 rings (SSSR count). The second kappa shape index (κ2) is 25.1. The summed E-state index contributed by atoms with van der Waals surface area (Å²) in [6, 6.07) is 23.2. The summed E-state index contributed by atoms with van der Waals surface area (Å²) in [5.74, 6) is -0.144. The highest BCUT2D eigenvalue weighted by atomic mass is 32.2. The van der Waals surface area contributed by atoms with E-state index in [9.17, 15) is 22.8 Å². The molecule has 6 aromatic rings. The van der Waals surface area contributed by atoms with Crippen molar-refractivity contribution in [1.29, 1.82) is 0 Å². The van der Waals surface area contributed by atoms with E-state index in [-0.39, 0.29) is 66.7 Å². The highest BCUT2D eigenvalue weighted by molar-refractivity contribution is 7.92. The van der Waals surface area contributed by atoms with E-state index in [4.69, 9.17) is 23.7 Å². The Morgan fingerprint density at radius 2 is 1.51 bits per heavy atom. The van der Waals surface area contributed by atoms with Crippen LogP contribution in [0.5, 0.6) is 11.5 Å². The monoisotopic (exact) mass is 1090 g/mol. The van der Waals surface area contributed by atoms with Gasteiger partial charge in [-0.1, -0.05) is 65.0 Å². The second-order valence-electron chi connectivity index (χ2n) is 21.9. The Kier molecular flexibility index (Phi) is 18.6. The lowest BCUT2D eigenvalue weighted by Gasteiger charge is -2.42. The topological polar surface area (TPSA) is 197 Å². The van der Waals surface area contributed by atoms with Gasteiger partial charge < -0.3 is 44.5 Å². The number of fused-ring (bicyclic) bond motifs is 4. The first-order valence-corrected chi connectivity index (χ1v) is 29.1. The lowest BCUT2D eigenvalue weighted by Crippen LogP contribution is -2.61. The van der Waals surface area contributed by atoms with Gasteiger partial charge in [0, 0.05) is 47.9 Å². The van der Waals surface area contributed by atoms with Crippen molar-refractivity contribution in [3.05, 3.63) is 113 Å². The van der Waals surface area contributed by atoms with E-state index in [1.165, 1.54) is 5.56 Å². The maximum atomic E-state index is 14.7. The normalized spacial score (nSPS) is 16.5. The first-order chi connectivity index (χ1) is 36.8.